The number of nitro benzene ring substituents is 1. The predicted octanol–water partition coefficient (Wildman–Crippen LogP) is 0.644. The maximum atomic E-state index is 12.6. The van der Waals surface area contributed by atoms with Crippen molar-refractivity contribution in [2.75, 3.05) is 13.1 Å². The van der Waals surface area contributed by atoms with E-state index in [0.717, 1.165) is 18.2 Å². The molecule has 1 aliphatic heterocycles. The lowest BCUT2D eigenvalue weighted by atomic mass is 10.0. The summed E-state index contributed by atoms with van der Waals surface area (Å²) in [5, 5.41) is 22.6. The minimum atomic E-state index is -1.37. The molecule has 1 saturated heterocycles. The molecule has 1 aromatic carbocycles. The maximum absolute atomic E-state index is 12.6. The van der Waals surface area contributed by atoms with Crippen molar-refractivity contribution in [2.24, 2.45) is 0 Å². The minimum Gasteiger partial charge on any atom is -0.478 e. The van der Waals surface area contributed by atoms with E-state index in [1.54, 1.807) is 6.92 Å². The fourth-order valence-electron chi connectivity index (χ4n) is 2.49. The quantitative estimate of drug-likeness (QED) is 0.618. The van der Waals surface area contributed by atoms with Crippen LogP contribution in [-0.2, 0) is 4.79 Å². The van der Waals surface area contributed by atoms with Gasteiger partial charge in [0.15, 0.2) is 0 Å². The lowest BCUT2D eigenvalue weighted by molar-refractivity contribution is -0.384. The number of nitro groups is 1. The molecule has 1 aliphatic rings. The van der Waals surface area contributed by atoms with E-state index in [4.69, 9.17) is 5.11 Å². The first-order valence-corrected chi connectivity index (χ1v) is 6.96. The van der Waals surface area contributed by atoms with Gasteiger partial charge in [-0.1, -0.05) is 6.92 Å². The van der Waals surface area contributed by atoms with Gasteiger partial charge >= 0.3 is 5.97 Å². The van der Waals surface area contributed by atoms with Gasteiger partial charge in [-0.15, -0.1) is 0 Å². The number of piperazine rings is 1. The second-order valence-electron chi connectivity index (χ2n) is 5.04. The van der Waals surface area contributed by atoms with Crippen molar-refractivity contribution in [1.82, 2.24) is 10.2 Å². The van der Waals surface area contributed by atoms with Gasteiger partial charge in [0.1, 0.15) is 6.04 Å². The Morgan fingerprint density at radius 3 is 2.61 bits per heavy atom. The fourth-order valence-corrected chi connectivity index (χ4v) is 2.49. The van der Waals surface area contributed by atoms with E-state index < -0.39 is 28.5 Å². The lowest BCUT2D eigenvalue weighted by Gasteiger charge is -2.34. The van der Waals surface area contributed by atoms with Crippen molar-refractivity contribution >= 4 is 23.5 Å². The molecule has 1 aromatic rings. The van der Waals surface area contributed by atoms with Gasteiger partial charge in [0.05, 0.1) is 10.5 Å². The van der Waals surface area contributed by atoms with Crippen molar-refractivity contribution in [3.63, 3.8) is 0 Å². The van der Waals surface area contributed by atoms with Crippen molar-refractivity contribution < 1.29 is 24.4 Å². The SMILES string of the molecule is CCC1C(=O)NCCN1C(=O)c1cc(C(=O)O)cc([N+](=O)[O-])c1. The van der Waals surface area contributed by atoms with Gasteiger partial charge in [-0.05, 0) is 12.5 Å². The normalized spacial score (nSPS) is 17.5. The summed E-state index contributed by atoms with van der Waals surface area (Å²) in [5.74, 6) is -2.26. The van der Waals surface area contributed by atoms with Crippen LogP contribution in [0.3, 0.4) is 0 Å². The molecule has 23 heavy (non-hydrogen) atoms. The molecule has 122 valence electrons. The lowest BCUT2D eigenvalue weighted by Crippen LogP contribution is -2.56. The topological polar surface area (TPSA) is 130 Å². The van der Waals surface area contributed by atoms with E-state index in [-0.39, 0.29) is 30.1 Å². The molecule has 1 atom stereocenters. The zero-order valence-corrected chi connectivity index (χ0v) is 12.3. The first-order chi connectivity index (χ1) is 10.8. The van der Waals surface area contributed by atoms with E-state index >= 15 is 0 Å². The zero-order valence-electron chi connectivity index (χ0n) is 12.3. The third-order valence-corrected chi connectivity index (χ3v) is 3.60. The van der Waals surface area contributed by atoms with E-state index in [1.807, 2.05) is 0 Å². The van der Waals surface area contributed by atoms with Crippen LogP contribution >= 0.6 is 0 Å². The number of carboxylic acids is 1. The fraction of sp³-hybridized carbons (Fsp3) is 0.357. The summed E-state index contributed by atoms with van der Waals surface area (Å²) in [5.41, 5.74) is -0.954. The van der Waals surface area contributed by atoms with Gasteiger partial charge in [-0.2, -0.15) is 0 Å². The predicted molar refractivity (Wildman–Crippen MR) is 78.2 cm³/mol. The summed E-state index contributed by atoms with van der Waals surface area (Å²) in [4.78, 5) is 47.0. The molecule has 0 spiro atoms. The van der Waals surface area contributed by atoms with Crippen LogP contribution in [0.2, 0.25) is 0 Å². The third kappa shape index (κ3) is 3.28. The minimum absolute atomic E-state index is 0.121. The number of carboxylic acid groups (broad SMARTS) is 1. The standard InChI is InChI=1S/C14H15N3O6/c1-2-11-12(18)15-3-4-16(11)13(19)8-5-9(14(20)21)7-10(6-8)17(22)23/h5-7,11H,2-4H2,1H3,(H,15,18)(H,20,21). The molecule has 0 radical (unpaired) electrons. The highest BCUT2D eigenvalue weighted by Gasteiger charge is 2.33. The molecule has 2 rings (SSSR count). The Kier molecular flexibility index (Phi) is 4.58. The molecule has 0 aliphatic carbocycles. The number of nitrogens with zero attached hydrogens (tertiary/aromatic N) is 2. The van der Waals surface area contributed by atoms with Crippen molar-refractivity contribution in [2.45, 2.75) is 19.4 Å². The van der Waals surface area contributed by atoms with Crippen molar-refractivity contribution in [3.05, 3.63) is 39.4 Å². The van der Waals surface area contributed by atoms with Crippen LogP contribution in [0.25, 0.3) is 0 Å². The molecular weight excluding hydrogens is 306 g/mol. The molecular formula is C14H15N3O6. The Balaban J connectivity index is 2.43. The Morgan fingerprint density at radius 1 is 1.39 bits per heavy atom. The molecule has 1 heterocycles. The van der Waals surface area contributed by atoms with Crippen LogP contribution in [0.5, 0.6) is 0 Å². The van der Waals surface area contributed by atoms with Crippen LogP contribution in [0.1, 0.15) is 34.1 Å². The first kappa shape index (κ1) is 16.4. The molecule has 1 fully saturated rings. The van der Waals surface area contributed by atoms with Gasteiger partial charge in [-0.3, -0.25) is 19.7 Å². The molecule has 0 aromatic heterocycles. The highest BCUT2D eigenvalue weighted by atomic mass is 16.6. The Labute approximate surface area is 131 Å². The molecule has 9 nitrogen and oxygen atoms in total. The monoisotopic (exact) mass is 321 g/mol. The van der Waals surface area contributed by atoms with Gasteiger partial charge in [0.2, 0.25) is 5.91 Å². The number of aromatic carboxylic acids is 1. The Bertz CT molecular complexity index is 655. The van der Waals surface area contributed by atoms with Crippen LogP contribution in [-0.4, -0.2) is 51.8 Å². The second kappa shape index (κ2) is 6.42. The largest absolute Gasteiger partial charge is 0.478 e. The number of rotatable bonds is 4. The van der Waals surface area contributed by atoms with Crippen molar-refractivity contribution in [3.8, 4) is 0 Å². The van der Waals surface area contributed by atoms with Crippen molar-refractivity contribution in [1.29, 1.82) is 0 Å². The van der Waals surface area contributed by atoms with E-state index in [2.05, 4.69) is 5.32 Å². The van der Waals surface area contributed by atoms with Gasteiger partial charge in [-0.25, -0.2) is 4.79 Å². The number of hydrogen-bond donors (Lipinski definition) is 2. The average Bonchev–Trinajstić information content (AvgIpc) is 2.53. The number of nitrogens with one attached hydrogen (secondary N) is 1. The summed E-state index contributed by atoms with van der Waals surface area (Å²) in [6.45, 7) is 2.28. The maximum Gasteiger partial charge on any atom is 0.335 e. The summed E-state index contributed by atoms with van der Waals surface area (Å²) < 4.78 is 0. The number of non-ortho nitro benzene ring substituents is 1. The molecule has 9 heteroatoms. The van der Waals surface area contributed by atoms with Crippen LogP contribution in [0.4, 0.5) is 5.69 Å². The summed E-state index contributed by atoms with van der Waals surface area (Å²) in [7, 11) is 0. The smallest absolute Gasteiger partial charge is 0.335 e. The molecule has 2 N–H and O–H groups in total. The third-order valence-electron chi connectivity index (χ3n) is 3.60. The number of carbonyl (C=O) groups is 3. The summed E-state index contributed by atoms with van der Waals surface area (Å²) in [6.07, 6.45) is 0.387. The molecule has 1 unspecified atom stereocenters. The van der Waals surface area contributed by atoms with Crippen LogP contribution in [0.15, 0.2) is 18.2 Å². The van der Waals surface area contributed by atoms with Gasteiger partial charge in [0, 0.05) is 30.8 Å². The van der Waals surface area contributed by atoms with E-state index in [0.29, 0.717) is 6.42 Å². The molecule has 0 bridgehead atoms. The second-order valence-corrected chi connectivity index (χ2v) is 5.04. The Hall–Kier alpha value is -2.97. The molecule has 0 saturated carbocycles. The first-order valence-electron chi connectivity index (χ1n) is 6.96. The summed E-state index contributed by atoms with van der Waals surface area (Å²) >= 11 is 0. The number of hydrogen-bond acceptors (Lipinski definition) is 5. The van der Waals surface area contributed by atoms with Gasteiger partial charge in [0.25, 0.3) is 11.6 Å². The number of carbonyl (C=O) groups excluding carboxylic acids is 2. The Morgan fingerprint density at radius 2 is 2.04 bits per heavy atom. The van der Waals surface area contributed by atoms with E-state index in [9.17, 15) is 24.5 Å². The highest BCUT2D eigenvalue weighted by molar-refractivity contribution is 6.01. The average molecular weight is 321 g/mol. The van der Waals surface area contributed by atoms with Gasteiger partial charge < -0.3 is 15.3 Å². The zero-order chi connectivity index (χ0) is 17.1. The molecule has 2 amide bonds. The summed E-state index contributed by atoms with van der Waals surface area (Å²) in [6, 6.07) is 2.31. The number of amides is 2. The van der Waals surface area contributed by atoms with Crippen LogP contribution in [0, 0.1) is 10.1 Å². The number of benzene rings is 1. The van der Waals surface area contributed by atoms with E-state index in [1.165, 1.54) is 4.90 Å². The highest BCUT2D eigenvalue weighted by Crippen LogP contribution is 2.21. The van der Waals surface area contributed by atoms with Crippen LogP contribution < -0.4 is 5.32 Å².